The molecule has 1 heterocycles. The molecular formula is C14H21N. The Labute approximate surface area is 93.1 Å². The van der Waals surface area contributed by atoms with E-state index in [0.717, 1.165) is 0 Å². The Kier molecular flexibility index (Phi) is 2.72. The fourth-order valence-electron chi connectivity index (χ4n) is 2.34. The predicted molar refractivity (Wildman–Crippen MR) is 66.8 cm³/mol. The number of nitrogens with zero attached hydrogens (tertiary/aromatic N) is 1. The second kappa shape index (κ2) is 3.88. The summed E-state index contributed by atoms with van der Waals surface area (Å²) in [6, 6.07) is 4.73. The zero-order chi connectivity index (χ0) is 11.0. The van der Waals surface area contributed by atoms with Crippen molar-refractivity contribution in [2.45, 2.75) is 40.0 Å². The predicted octanol–water partition coefficient (Wildman–Crippen LogP) is 3.64. The number of anilines is 1. The molecule has 0 saturated carbocycles. The molecule has 0 amide bonds. The quantitative estimate of drug-likeness (QED) is 0.709. The van der Waals surface area contributed by atoms with E-state index in [1.54, 1.807) is 0 Å². The van der Waals surface area contributed by atoms with E-state index in [1.807, 2.05) is 0 Å². The molecule has 1 aliphatic heterocycles. The minimum Gasteiger partial charge on any atom is -0.371 e. The van der Waals surface area contributed by atoms with Gasteiger partial charge >= 0.3 is 0 Å². The van der Waals surface area contributed by atoms with Crippen molar-refractivity contribution in [1.82, 2.24) is 0 Å². The smallest absolute Gasteiger partial charge is 0.0398 e. The van der Waals surface area contributed by atoms with Gasteiger partial charge in [0.25, 0.3) is 0 Å². The monoisotopic (exact) mass is 203 g/mol. The molecule has 82 valence electrons. The summed E-state index contributed by atoms with van der Waals surface area (Å²) in [5.74, 6) is 0.633. The summed E-state index contributed by atoms with van der Waals surface area (Å²) in [7, 11) is 0. The first-order valence-electron chi connectivity index (χ1n) is 5.95. The van der Waals surface area contributed by atoms with E-state index in [1.165, 1.54) is 41.9 Å². The molecule has 1 nitrogen and oxygen atoms in total. The summed E-state index contributed by atoms with van der Waals surface area (Å²) in [5, 5.41) is 0. The second-order valence-corrected chi connectivity index (χ2v) is 4.99. The van der Waals surface area contributed by atoms with E-state index < -0.39 is 0 Å². The first-order valence-corrected chi connectivity index (χ1v) is 5.95. The van der Waals surface area contributed by atoms with Gasteiger partial charge in [0.1, 0.15) is 0 Å². The van der Waals surface area contributed by atoms with E-state index in [0.29, 0.717) is 5.92 Å². The first kappa shape index (κ1) is 10.5. The highest BCUT2D eigenvalue weighted by molar-refractivity contribution is 5.58. The van der Waals surface area contributed by atoms with Crippen LogP contribution >= 0.6 is 0 Å². The topological polar surface area (TPSA) is 3.24 Å². The van der Waals surface area contributed by atoms with E-state index in [9.17, 15) is 0 Å². The van der Waals surface area contributed by atoms with Crippen LogP contribution in [0.3, 0.4) is 0 Å². The third kappa shape index (κ3) is 1.88. The van der Waals surface area contributed by atoms with Gasteiger partial charge in [-0.2, -0.15) is 0 Å². The highest BCUT2D eigenvalue weighted by atomic mass is 15.2. The lowest BCUT2D eigenvalue weighted by atomic mass is 9.94. The standard InChI is InChI=1S/C14H21N/c1-10(2)13-8-12(4)14(9-11(13)3)15-6-5-7-15/h8-10H,5-7H2,1-4H3. The van der Waals surface area contributed by atoms with Crippen molar-refractivity contribution in [2.24, 2.45) is 0 Å². The van der Waals surface area contributed by atoms with Crippen LogP contribution in [0.2, 0.25) is 0 Å². The molecule has 0 spiro atoms. The molecule has 0 aromatic heterocycles. The molecule has 1 aliphatic rings. The maximum absolute atomic E-state index is 2.48. The number of aryl methyl sites for hydroxylation is 2. The molecule has 0 radical (unpaired) electrons. The van der Waals surface area contributed by atoms with Crippen molar-refractivity contribution in [3.05, 3.63) is 28.8 Å². The molecule has 1 heteroatoms. The maximum Gasteiger partial charge on any atom is 0.0398 e. The Morgan fingerprint density at radius 1 is 1.07 bits per heavy atom. The zero-order valence-electron chi connectivity index (χ0n) is 10.3. The van der Waals surface area contributed by atoms with Crippen LogP contribution in [0.15, 0.2) is 12.1 Å². The lowest BCUT2D eigenvalue weighted by Gasteiger charge is -2.35. The summed E-state index contributed by atoms with van der Waals surface area (Å²) in [4.78, 5) is 2.48. The third-order valence-corrected chi connectivity index (χ3v) is 3.40. The number of benzene rings is 1. The van der Waals surface area contributed by atoms with E-state index in [4.69, 9.17) is 0 Å². The number of hydrogen-bond acceptors (Lipinski definition) is 1. The zero-order valence-corrected chi connectivity index (χ0v) is 10.3. The van der Waals surface area contributed by atoms with Crippen LogP contribution in [0.1, 0.15) is 42.9 Å². The largest absolute Gasteiger partial charge is 0.371 e. The lowest BCUT2D eigenvalue weighted by Crippen LogP contribution is -2.37. The molecule has 0 N–H and O–H groups in total. The Morgan fingerprint density at radius 2 is 1.73 bits per heavy atom. The molecular weight excluding hydrogens is 182 g/mol. The fourth-order valence-corrected chi connectivity index (χ4v) is 2.34. The van der Waals surface area contributed by atoms with Gasteiger partial charge in [0.05, 0.1) is 0 Å². The van der Waals surface area contributed by atoms with Gasteiger partial charge in [-0.25, -0.2) is 0 Å². The van der Waals surface area contributed by atoms with Crippen molar-refractivity contribution < 1.29 is 0 Å². The van der Waals surface area contributed by atoms with Gasteiger partial charge in [-0.15, -0.1) is 0 Å². The van der Waals surface area contributed by atoms with Crippen molar-refractivity contribution in [3.63, 3.8) is 0 Å². The highest BCUT2D eigenvalue weighted by Crippen LogP contribution is 2.30. The summed E-state index contributed by atoms with van der Waals surface area (Å²) >= 11 is 0. The van der Waals surface area contributed by atoms with Gasteiger partial charge in [-0.05, 0) is 48.9 Å². The van der Waals surface area contributed by atoms with Gasteiger partial charge in [0, 0.05) is 18.8 Å². The Hall–Kier alpha value is -0.980. The molecule has 1 saturated heterocycles. The molecule has 0 unspecified atom stereocenters. The van der Waals surface area contributed by atoms with Crippen LogP contribution in [0.25, 0.3) is 0 Å². The highest BCUT2D eigenvalue weighted by Gasteiger charge is 2.17. The van der Waals surface area contributed by atoms with Crippen molar-refractivity contribution in [2.75, 3.05) is 18.0 Å². The average molecular weight is 203 g/mol. The normalized spacial score (nSPS) is 15.7. The summed E-state index contributed by atoms with van der Waals surface area (Å²) in [6.45, 7) is 11.5. The van der Waals surface area contributed by atoms with E-state index in [-0.39, 0.29) is 0 Å². The number of rotatable bonds is 2. The van der Waals surface area contributed by atoms with Crippen LogP contribution < -0.4 is 4.90 Å². The van der Waals surface area contributed by atoms with E-state index >= 15 is 0 Å². The molecule has 0 atom stereocenters. The minimum atomic E-state index is 0.633. The van der Waals surface area contributed by atoms with E-state index in [2.05, 4.69) is 44.7 Å². The summed E-state index contributed by atoms with van der Waals surface area (Å²) in [5.41, 5.74) is 5.82. The Morgan fingerprint density at radius 3 is 2.20 bits per heavy atom. The fraction of sp³-hybridized carbons (Fsp3) is 0.571. The molecule has 0 aliphatic carbocycles. The number of hydrogen-bond donors (Lipinski definition) is 0. The Balaban J connectivity index is 2.38. The van der Waals surface area contributed by atoms with Crippen LogP contribution in [-0.2, 0) is 0 Å². The van der Waals surface area contributed by atoms with Gasteiger partial charge in [-0.1, -0.05) is 19.9 Å². The van der Waals surface area contributed by atoms with Gasteiger partial charge in [0.15, 0.2) is 0 Å². The maximum atomic E-state index is 2.48. The minimum absolute atomic E-state index is 0.633. The first-order chi connectivity index (χ1) is 7.09. The third-order valence-electron chi connectivity index (χ3n) is 3.40. The van der Waals surface area contributed by atoms with Crippen LogP contribution in [0.5, 0.6) is 0 Å². The Bertz CT molecular complexity index is 362. The average Bonchev–Trinajstić information content (AvgIpc) is 2.07. The molecule has 2 rings (SSSR count). The van der Waals surface area contributed by atoms with Crippen LogP contribution in [0.4, 0.5) is 5.69 Å². The van der Waals surface area contributed by atoms with Gasteiger partial charge in [-0.3, -0.25) is 0 Å². The lowest BCUT2D eigenvalue weighted by molar-refractivity contribution is 0.615. The summed E-state index contributed by atoms with van der Waals surface area (Å²) < 4.78 is 0. The van der Waals surface area contributed by atoms with Crippen molar-refractivity contribution in [1.29, 1.82) is 0 Å². The second-order valence-electron chi connectivity index (χ2n) is 4.99. The van der Waals surface area contributed by atoms with Crippen molar-refractivity contribution in [3.8, 4) is 0 Å². The van der Waals surface area contributed by atoms with Gasteiger partial charge < -0.3 is 4.90 Å². The van der Waals surface area contributed by atoms with Crippen LogP contribution in [0, 0.1) is 13.8 Å². The molecule has 1 aromatic rings. The molecule has 1 fully saturated rings. The molecule has 1 aromatic carbocycles. The molecule has 15 heavy (non-hydrogen) atoms. The van der Waals surface area contributed by atoms with Crippen LogP contribution in [-0.4, -0.2) is 13.1 Å². The molecule has 0 bridgehead atoms. The SMILES string of the molecule is Cc1cc(N2CCC2)c(C)cc1C(C)C. The summed E-state index contributed by atoms with van der Waals surface area (Å²) in [6.07, 6.45) is 1.35. The van der Waals surface area contributed by atoms with Gasteiger partial charge in [0.2, 0.25) is 0 Å². The van der Waals surface area contributed by atoms with Crippen molar-refractivity contribution >= 4 is 5.69 Å².